The molecule has 2 aromatic carbocycles. The van der Waals surface area contributed by atoms with E-state index in [0.29, 0.717) is 23.9 Å². The van der Waals surface area contributed by atoms with Crippen molar-refractivity contribution < 1.29 is 14.3 Å². The molecule has 0 aliphatic heterocycles. The van der Waals surface area contributed by atoms with E-state index in [4.69, 9.17) is 21.1 Å². The molecule has 25 heavy (non-hydrogen) atoms. The molecule has 0 radical (unpaired) electrons. The molecule has 0 unspecified atom stereocenters. The second-order valence-electron chi connectivity index (χ2n) is 5.62. The third kappa shape index (κ3) is 6.74. The Kier molecular flexibility index (Phi) is 7.73. The fraction of sp³-hybridized carbons (Fsp3) is 0.316. The minimum Gasteiger partial charge on any atom is -0.483 e. The summed E-state index contributed by atoms with van der Waals surface area (Å²) in [4.78, 5) is 12.1. The second-order valence-corrected chi connectivity index (χ2v) is 6.06. The first kappa shape index (κ1) is 19.2. The first-order chi connectivity index (χ1) is 12.1. The van der Waals surface area contributed by atoms with Gasteiger partial charge < -0.3 is 20.1 Å². The Balaban J connectivity index is 1.90. The van der Waals surface area contributed by atoms with Gasteiger partial charge in [-0.2, -0.15) is 0 Å². The molecule has 134 valence electrons. The molecular formula is C19H23ClN2O3. The summed E-state index contributed by atoms with van der Waals surface area (Å²) in [6, 6.07) is 13.0. The average Bonchev–Trinajstić information content (AvgIpc) is 2.60. The summed E-state index contributed by atoms with van der Waals surface area (Å²) < 4.78 is 10.7. The number of ether oxygens (including phenoxy) is 2. The van der Waals surface area contributed by atoms with Gasteiger partial charge in [0.05, 0.1) is 6.61 Å². The van der Waals surface area contributed by atoms with E-state index in [9.17, 15) is 4.79 Å². The highest BCUT2D eigenvalue weighted by atomic mass is 35.5. The number of anilines is 1. The van der Waals surface area contributed by atoms with Gasteiger partial charge in [0.2, 0.25) is 0 Å². The summed E-state index contributed by atoms with van der Waals surface area (Å²) in [5, 5.41) is 6.67. The van der Waals surface area contributed by atoms with Crippen LogP contribution in [0.5, 0.6) is 5.75 Å². The number of nitrogens with one attached hydrogen (secondary N) is 2. The lowest BCUT2D eigenvalue weighted by molar-refractivity contribution is -0.118. The fourth-order valence-electron chi connectivity index (χ4n) is 2.20. The zero-order valence-corrected chi connectivity index (χ0v) is 15.2. The van der Waals surface area contributed by atoms with Crippen LogP contribution in [0.2, 0.25) is 5.02 Å². The van der Waals surface area contributed by atoms with Gasteiger partial charge in [-0.25, -0.2) is 0 Å². The Morgan fingerprint density at radius 3 is 2.64 bits per heavy atom. The van der Waals surface area contributed by atoms with E-state index < -0.39 is 0 Å². The Morgan fingerprint density at radius 1 is 1.16 bits per heavy atom. The van der Waals surface area contributed by atoms with Crippen molar-refractivity contribution in [3.8, 4) is 5.75 Å². The number of carbonyl (C=O) groups is 1. The van der Waals surface area contributed by atoms with E-state index in [1.165, 1.54) is 0 Å². The third-order valence-corrected chi connectivity index (χ3v) is 3.75. The monoisotopic (exact) mass is 362 g/mol. The van der Waals surface area contributed by atoms with E-state index >= 15 is 0 Å². The number of aryl methyl sites for hydroxylation is 1. The number of rotatable bonds is 9. The van der Waals surface area contributed by atoms with Crippen LogP contribution in [0.3, 0.4) is 0 Å². The van der Waals surface area contributed by atoms with Gasteiger partial charge in [0, 0.05) is 36.5 Å². The molecule has 0 aliphatic carbocycles. The van der Waals surface area contributed by atoms with Crippen molar-refractivity contribution in [3.05, 3.63) is 58.6 Å². The van der Waals surface area contributed by atoms with Gasteiger partial charge in [0.15, 0.2) is 6.61 Å². The highest BCUT2D eigenvalue weighted by Crippen LogP contribution is 2.23. The molecule has 0 saturated heterocycles. The minimum absolute atomic E-state index is 0.0689. The van der Waals surface area contributed by atoms with E-state index in [2.05, 4.69) is 10.6 Å². The summed E-state index contributed by atoms with van der Waals surface area (Å²) >= 11 is 6.05. The van der Waals surface area contributed by atoms with Crippen LogP contribution in [0.4, 0.5) is 5.69 Å². The summed E-state index contributed by atoms with van der Waals surface area (Å²) in [5.74, 6) is 0.422. The van der Waals surface area contributed by atoms with Crippen molar-refractivity contribution in [3.63, 3.8) is 0 Å². The normalized spacial score (nSPS) is 10.5. The molecule has 0 aromatic heterocycles. The van der Waals surface area contributed by atoms with Crippen molar-refractivity contribution in [1.29, 1.82) is 0 Å². The SMILES string of the molecule is COCCNCc1cc(Cl)ccc1OCC(=O)Nc1ccc(C)cc1. The molecule has 0 bridgehead atoms. The maximum absolute atomic E-state index is 12.1. The molecule has 0 fully saturated rings. The summed E-state index contributed by atoms with van der Waals surface area (Å²) in [6.45, 7) is 3.85. The molecule has 0 aliphatic rings. The number of benzene rings is 2. The number of hydrogen-bond acceptors (Lipinski definition) is 4. The topological polar surface area (TPSA) is 59.6 Å². The van der Waals surface area contributed by atoms with Crippen molar-refractivity contribution in [1.82, 2.24) is 5.32 Å². The average molecular weight is 363 g/mol. The second kappa shape index (κ2) is 10.0. The molecule has 0 saturated carbocycles. The maximum Gasteiger partial charge on any atom is 0.262 e. The van der Waals surface area contributed by atoms with Crippen LogP contribution in [0.1, 0.15) is 11.1 Å². The quantitative estimate of drug-likeness (QED) is 0.671. The van der Waals surface area contributed by atoms with Crippen LogP contribution in [-0.4, -0.2) is 32.8 Å². The lowest BCUT2D eigenvalue weighted by Crippen LogP contribution is -2.22. The van der Waals surface area contributed by atoms with E-state index in [1.54, 1.807) is 19.2 Å². The molecule has 2 aromatic rings. The van der Waals surface area contributed by atoms with Gasteiger partial charge in [0.25, 0.3) is 5.91 Å². The zero-order valence-electron chi connectivity index (χ0n) is 14.5. The number of amides is 1. The first-order valence-corrected chi connectivity index (χ1v) is 8.43. The highest BCUT2D eigenvalue weighted by molar-refractivity contribution is 6.30. The summed E-state index contributed by atoms with van der Waals surface area (Å²) in [6.07, 6.45) is 0. The van der Waals surface area contributed by atoms with E-state index in [-0.39, 0.29) is 12.5 Å². The summed E-state index contributed by atoms with van der Waals surface area (Å²) in [7, 11) is 1.66. The maximum atomic E-state index is 12.1. The molecule has 0 atom stereocenters. The Labute approximate surface area is 153 Å². The lowest BCUT2D eigenvalue weighted by atomic mass is 10.2. The molecule has 2 N–H and O–H groups in total. The van der Waals surface area contributed by atoms with Gasteiger partial charge in [0.1, 0.15) is 5.75 Å². The zero-order chi connectivity index (χ0) is 18.1. The Hall–Kier alpha value is -2.08. The number of hydrogen-bond donors (Lipinski definition) is 2. The minimum atomic E-state index is -0.211. The third-order valence-electron chi connectivity index (χ3n) is 3.52. The molecule has 2 rings (SSSR count). The molecule has 0 spiro atoms. The predicted molar refractivity (Wildman–Crippen MR) is 100 cm³/mol. The number of methoxy groups -OCH3 is 1. The van der Waals surface area contributed by atoms with E-state index in [0.717, 1.165) is 23.4 Å². The Morgan fingerprint density at radius 2 is 1.92 bits per heavy atom. The number of carbonyl (C=O) groups excluding carboxylic acids is 1. The fourth-order valence-corrected chi connectivity index (χ4v) is 2.40. The van der Waals surface area contributed by atoms with Crippen LogP contribution < -0.4 is 15.4 Å². The molecule has 1 amide bonds. The van der Waals surface area contributed by atoms with Crippen LogP contribution in [0, 0.1) is 6.92 Å². The van der Waals surface area contributed by atoms with Crippen molar-refractivity contribution in [2.75, 3.05) is 32.2 Å². The van der Waals surface area contributed by atoms with Gasteiger partial charge >= 0.3 is 0 Å². The summed E-state index contributed by atoms with van der Waals surface area (Å²) in [5.41, 5.74) is 2.78. The predicted octanol–water partition coefficient (Wildman–Crippen LogP) is 3.40. The van der Waals surface area contributed by atoms with Crippen molar-refractivity contribution in [2.24, 2.45) is 0 Å². The lowest BCUT2D eigenvalue weighted by Gasteiger charge is -2.13. The largest absolute Gasteiger partial charge is 0.483 e. The first-order valence-electron chi connectivity index (χ1n) is 8.06. The van der Waals surface area contributed by atoms with E-state index in [1.807, 2.05) is 37.3 Å². The van der Waals surface area contributed by atoms with Gasteiger partial charge in [-0.15, -0.1) is 0 Å². The standard InChI is InChI=1S/C19H23ClN2O3/c1-14-3-6-17(7-4-14)22-19(23)13-25-18-8-5-16(20)11-15(18)12-21-9-10-24-2/h3-8,11,21H,9-10,12-13H2,1-2H3,(H,22,23). The van der Waals surface area contributed by atoms with Crippen LogP contribution in [-0.2, 0) is 16.1 Å². The Bertz CT molecular complexity index is 690. The molecular weight excluding hydrogens is 340 g/mol. The molecule has 6 heteroatoms. The molecule has 5 nitrogen and oxygen atoms in total. The van der Waals surface area contributed by atoms with Crippen molar-refractivity contribution >= 4 is 23.2 Å². The van der Waals surface area contributed by atoms with Crippen LogP contribution in [0.15, 0.2) is 42.5 Å². The van der Waals surface area contributed by atoms with Gasteiger partial charge in [-0.3, -0.25) is 4.79 Å². The van der Waals surface area contributed by atoms with Crippen LogP contribution in [0.25, 0.3) is 0 Å². The van der Waals surface area contributed by atoms with Gasteiger partial charge in [-0.05, 0) is 37.3 Å². The van der Waals surface area contributed by atoms with Gasteiger partial charge in [-0.1, -0.05) is 29.3 Å². The smallest absolute Gasteiger partial charge is 0.262 e. The molecule has 0 heterocycles. The highest BCUT2D eigenvalue weighted by Gasteiger charge is 2.08. The number of halogens is 1. The van der Waals surface area contributed by atoms with Crippen molar-refractivity contribution in [2.45, 2.75) is 13.5 Å². The van der Waals surface area contributed by atoms with Crippen LogP contribution >= 0.6 is 11.6 Å².